The first-order chi connectivity index (χ1) is 13.0. The van der Waals surface area contributed by atoms with Gasteiger partial charge in [-0.1, -0.05) is 11.3 Å². The number of aromatic nitrogens is 3. The number of rotatable bonds is 2. The fraction of sp³-hybridized carbons (Fsp3) is 0.556. The van der Waals surface area contributed by atoms with Gasteiger partial charge in [-0.05, 0) is 45.7 Å². The van der Waals surface area contributed by atoms with Gasteiger partial charge in [0.1, 0.15) is 21.3 Å². The van der Waals surface area contributed by atoms with Gasteiger partial charge in [-0.3, -0.25) is 4.98 Å². The number of ether oxygens (including phenoxy) is 1. The average Bonchev–Trinajstić information content (AvgIpc) is 3.10. The quantitative estimate of drug-likeness (QED) is 0.710. The van der Waals surface area contributed by atoms with Crippen molar-refractivity contribution in [1.29, 1.82) is 0 Å². The molecule has 152 valence electrons. The summed E-state index contributed by atoms with van der Waals surface area (Å²) in [5.41, 5.74) is -1.02. The number of nitrogens with zero attached hydrogens (tertiary/aromatic N) is 4. The molecule has 3 heterocycles. The predicted octanol–water partition coefficient (Wildman–Crippen LogP) is 4.73. The van der Waals surface area contributed by atoms with E-state index >= 15 is 0 Å². The zero-order valence-electron chi connectivity index (χ0n) is 15.8. The Morgan fingerprint density at radius 1 is 1.25 bits per heavy atom. The van der Waals surface area contributed by atoms with Gasteiger partial charge in [0.05, 0.1) is 0 Å². The lowest BCUT2D eigenvalue weighted by atomic mass is 9.99. The summed E-state index contributed by atoms with van der Waals surface area (Å²) in [6, 6.07) is 2.27. The highest BCUT2D eigenvalue weighted by molar-refractivity contribution is 7.14. The van der Waals surface area contributed by atoms with Gasteiger partial charge in [0, 0.05) is 30.8 Å². The van der Waals surface area contributed by atoms with Crippen LogP contribution in [0.4, 0.5) is 18.0 Å². The molecule has 1 amide bonds. The van der Waals surface area contributed by atoms with Gasteiger partial charge in [0.15, 0.2) is 0 Å². The summed E-state index contributed by atoms with van der Waals surface area (Å²) >= 11 is 1.31. The monoisotopic (exact) mass is 414 g/mol. The maximum atomic E-state index is 12.6. The van der Waals surface area contributed by atoms with Crippen molar-refractivity contribution in [3.8, 4) is 10.6 Å². The second-order valence-corrected chi connectivity index (χ2v) is 8.65. The Morgan fingerprint density at radius 3 is 2.61 bits per heavy atom. The molecule has 1 atom stereocenters. The minimum Gasteiger partial charge on any atom is -0.444 e. The first-order valence-electron chi connectivity index (χ1n) is 8.88. The van der Waals surface area contributed by atoms with Gasteiger partial charge in [-0.25, -0.2) is 4.79 Å². The molecule has 1 unspecified atom stereocenters. The molecular weight excluding hydrogens is 393 g/mol. The van der Waals surface area contributed by atoms with E-state index in [9.17, 15) is 18.0 Å². The van der Waals surface area contributed by atoms with Crippen molar-refractivity contribution >= 4 is 17.4 Å². The zero-order chi connectivity index (χ0) is 20.5. The number of hydrogen-bond acceptors (Lipinski definition) is 6. The molecule has 0 aliphatic carbocycles. The molecule has 0 radical (unpaired) electrons. The molecule has 2 aromatic rings. The van der Waals surface area contributed by atoms with Crippen LogP contribution in [-0.4, -0.2) is 44.9 Å². The van der Waals surface area contributed by atoms with E-state index in [4.69, 9.17) is 4.74 Å². The summed E-state index contributed by atoms with van der Waals surface area (Å²) in [4.78, 5) is 17.4. The highest BCUT2D eigenvalue weighted by atomic mass is 32.1. The van der Waals surface area contributed by atoms with Crippen LogP contribution in [-0.2, 0) is 10.9 Å². The maximum absolute atomic E-state index is 12.6. The van der Waals surface area contributed by atoms with E-state index in [1.54, 1.807) is 4.90 Å². The van der Waals surface area contributed by atoms with Crippen LogP contribution >= 0.6 is 11.3 Å². The van der Waals surface area contributed by atoms with Crippen LogP contribution in [0.1, 0.15) is 50.2 Å². The van der Waals surface area contributed by atoms with Crippen LogP contribution in [0.2, 0.25) is 0 Å². The second kappa shape index (κ2) is 7.65. The number of pyridine rings is 1. The van der Waals surface area contributed by atoms with E-state index in [1.807, 2.05) is 20.8 Å². The van der Waals surface area contributed by atoms with Gasteiger partial charge >= 0.3 is 12.3 Å². The highest BCUT2D eigenvalue weighted by Crippen LogP contribution is 2.34. The fourth-order valence-electron chi connectivity index (χ4n) is 2.88. The molecule has 1 aliphatic heterocycles. The Hall–Kier alpha value is -2.23. The summed E-state index contributed by atoms with van der Waals surface area (Å²) in [6.07, 6.45) is -1.99. The number of amides is 1. The Kier molecular flexibility index (Phi) is 5.60. The minimum absolute atomic E-state index is 0.0231. The van der Waals surface area contributed by atoms with Gasteiger partial charge in [-0.2, -0.15) is 13.2 Å². The maximum Gasteiger partial charge on any atom is 0.433 e. The van der Waals surface area contributed by atoms with Crippen LogP contribution < -0.4 is 0 Å². The van der Waals surface area contributed by atoms with Crippen LogP contribution in [0.3, 0.4) is 0 Å². The van der Waals surface area contributed by atoms with Gasteiger partial charge in [-0.15, -0.1) is 10.2 Å². The zero-order valence-corrected chi connectivity index (χ0v) is 16.6. The van der Waals surface area contributed by atoms with Crippen LogP contribution in [0.25, 0.3) is 10.6 Å². The van der Waals surface area contributed by atoms with E-state index < -0.39 is 17.5 Å². The molecule has 0 spiro atoms. The minimum atomic E-state index is -4.47. The lowest BCUT2D eigenvalue weighted by molar-refractivity contribution is -0.141. The van der Waals surface area contributed by atoms with Crippen LogP contribution in [0.5, 0.6) is 0 Å². The van der Waals surface area contributed by atoms with Gasteiger partial charge in [0.25, 0.3) is 0 Å². The highest BCUT2D eigenvalue weighted by Gasteiger charge is 2.33. The van der Waals surface area contributed by atoms with E-state index in [2.05, 4.69) is 15.2 Å². The predicted molar refractivity (Wildman–Crippen MR) is 97.9 cm³/mol. The van der Waals surface area contributed by atoms with Crippen molar-refractivity contribution in [2.24, 2.45) is 0 Å². The van der Waals surface area contributed by atoms with Crippen molar-refractivity contribution in [3.05, 3.63) is 29.0 Å². The van der Waals surface area contributed by atoms with E-state index in [0.717, 1.165) is 30.1 Å². The van der Waals surface area contributed by atoms with E-state index in [1.165, 1.54) is 17.4 Å². The Labute approximate surface area is 164 Å². The van der Waals surface area contributed by atoms with Crippen molar-refractivity contribution in [2.45, 2.75) is 51.3 Å². The fourth-order valence-corrected chi connectivity index (χ4v) is 3.83. The molecule has 1 saturated heterocycles. The summed E-state index contributed by atoms with van der Waals surface area (Å²) in [6.45, 7) is 6.57. The standard InChI is InChI=1S/C18H21F3N4O2S/c1-17(2,3)27-16(26)25-8-4-5-12(10-25)15-24-23-14(28-15)11-6-7-13(22-9-11)18(19,20)21/h6-7,9,12H,4-5,8,10H2,1-3H3. The topological polar surface area (TPSA) is 68.2 Å². The lowest BCUT2D eigenvalue weighted by Gasteiger charge is -2.33. The van der Waals surface area contributed by atoms with Crippen LogP contribution in [0.15, 0.2) is 18.3 Å². The summed E-state index contributed by atoms with van der Waals surface area (Å²) in [7, 11) is 0. The number of alkyl halides is 3. The van der Waals surface area contributed by atoms with E-state index in [-0.39, 0.29) is 12.0 Å². The smallest absolute Gasteiger partial charge is 0.433 e. The van der Waals surface area contributed by atoms with Crippen molar-refractivity contribution < 1.29 is 22.7 Å². The number of carbonyl (C=O) groups excluding carboxylic acids is 1. The lowest BCUT2D eigenvalue weighted by Crippen LogP contribution is -2.42. The summed E-state index contributed by atoms with van der Waals surface area (Å²) in [5.74, 6) is 0.0231. The number of hydrogen-bond donors (Lipinski definition) is 0. The largest absolute Gasteiger partial charge is 0.444 e. The van der Waals surface area contributed by atoms with Gasteiger partial charge in [0.2, 0.25) is 0 Å². The molecule has 2 aromatic heterocycles. The molecule has 3 rings (SSSR count). The average molecular weight is 414 g/mol. The molecule has 1 fully saturated rings. The molecule has 10 heteroatoms. The number of likely N-dealkylation sites (tertiary alicyclic amines) is 1. The second-order valence-electron chi connectivity index (χ2n) is 7.64. The molecular formula is C18H21F3N4O2S. The molecule has 1 aliphatic rings. The Bertz CT molecular complexity index is 831. The van der Waals surface area contributed by atoms with Crippen molar-refractivity contribution in [1.82, 2.24) is 20.1 Å². The third-order valence-corrected chi connectivity index (χ3v) is 5.30. The normalized spacial score (nSPS) is 18.2. The number of piperidine rings is 1. The summed E-state index contributed by atoms with van der Waals surface area (Å²) in [5, 5.41) is 9.55. The first kappa shape index (κ1) is 20.5. The Balaban J connectivity index is 1.70. The molecule has 28 heavy (non-hydrogen) atoms. The Morgan fingerprint density at radius 2 is 2.00 bits per heavy atom. The first-order valence-corrected chi connectivity index (χ1v) is 9.69. The van der Waals surface area contributed by atoms with Crippen molar-refractivity contribution in [3.63, 3.8) is 0 Å². The molecule has 0 bridgehead atoms. The van der Waals surface area contributed by atoms with Crippen molar-refractivity contribution in [2.75, 3.05) is 13.1 Å². The van der Waals surface area contributed by atoms with Crippen LogP contribution in [0, 0.1) is 0 Å². The molecule has 0 aromatic carbocycles. The SMILES string of the molecule is CC(C)(C)OC(=O)N1CCCC(c2nnc(-c3ccc(C(F)(F)F)nc3)s2)C1. The van der Waals surface area contributed by atoms with Gasteiger partial charge < -0.3 is 9.64 Å². The molecule has 6 nitrogen and oxygen atoms in total. The summed E-state index contributed by atoms with van der Waals surface area (Å²) < 4.78 is 43.4. The number of carbonyl (C=O) groups is 1. The molecule has 0 N–H and O–H groups in total. The third-order valence-electron chi connectivity index (χ3n) is 4.16. The molecule has 0 saturated carbocycles. The number of halogens is 3. The van der Waals surface area contributed by atoms with E-state index in [0.29, 0.717) is 23.7 Å². The third kappa shape index (κ3) is 4.98.